The highest BCUT2D eigenvalue weighted by Crippen LogP contribution is 2.17. The standard InChI is InChI=1S/C23H27ClN2O3/c24-20-9-4-7-18(15-20)17-29-21-10-5-8-19(16-21)23(28)25-12-6-14-26-13-3-1-2-11-22(26)27/h4-5,7-10,15-16H,1-3,6,11-14,17H2,(H,25,28). The first-order valence-electron chi connectivity index (χ1n) is 10.1. The number of halogens is 1. The Hall–Kier alpha value is -2.53. The van der Waals surface area contributed by atoms with Crippen LogP contribution in [-0.2, 0) is 11.4 Å². The molecule has 6 heteroatoms. The fourth-order valence-electron chi connectivity index (χ4n) is 3.37. The van der Waals surface area contributed by atoms with E-state index in [0.29, 0.717) is 42.5 Å². The van der Waals surface area contributed by atoms with Crippen LogP contribution in [0.1, 0.15) is 48.0 Å². The summed E-state index contributed by atoms with van der Waals surface area (Å²) in [6.45, 7) is 2.45. The van der Waals surface area contributed by atoms with Crippen molar-refractivity contribution in [3.05, 3.63) is 64.7 Å². The second-order valence-electron chi connectivity index (χ2n) is 7.25. The summed E-state index contributed by atoms with van der Waals surface area (Å²) in [5.74, 6) is 0.728. The van der Waals surface area contributed by atoms with E-state index in [1.54, 1.807) is 18.2 Å². The summed E-state index contributed by atoms with van der Waals surface area (Å²) in [7, 11) is 0. The average Bonchev–Trinajstić information content (AvgIpc) is 2.94. The number of ether oxygens (including phenoxy) is 1. The van der Waals surface area contributed by atoms with Gasteiger partial charge in [0.25, 0.3) is 5.91 Å². The van der Waals surface area contributed by atoms with Crippen LogP contribution in [0.3, 0.4) is 0 Å². The second kappa shape index (κ2) is 10.9. The number of hydrogen-bond donors (Lipinski definition) is 1. The van der Waals surface area contributed by atoms with Crippen molar-refractivity contribution in [3.8, 4) is 5.75 Å². The molecule has 1 heterocycles. The minimum absolute atomic E-state index is 0.139. The molecule has 0 bridgehead atoms. The Kier molecular flexibility index (Phi) is 7.94. The van der Waals surface area contributed by atoms with Crippen molar-refractivity contribution in [2.75, 3.05) is 19.6 Å². The fraction of sp³-hybridized carbons (Fsp3) is 0.391. The molecule has 1 fully saturated rings. The molecule has 1 N–H and O–H groups in total. The van der Waals surface area contributed by atoms with Crippen LogP contribution in [0.15, 0.2) is 48.5 Å². The van der Waals surface area contributed by atoms with Crippen LogP contribution in [-0.4, -0.2) is 36.3 Å². The van der Waals surface area contributed by atoms with Crippen LogP contribution in [0, 0.1) is 0 Å². The minimum Gasteiger partial charge on any atom is -0.489 e. The van der Waals surface area contributed by atoms with Crippen LogP contribution in [0.5, 0.6) is 5.75 Å². The SMILES string of the molecule is O=C(NCCCN1CCCCCC1=O)c1cccc(OCc2cccc(Cl)c2)c1. The molecule has 3 rings (SSSR count). The molecule has 1 saturated heterocycles. The molecule has 2 aromatic rings. The van der Waals surface area contributed by atoms with Crippen molar-refractivity contribution in [2.24, 2.45) is 0 Å². The average molecular weight is 415 g/mol. The smallest absolute Gasteiger partial charge is 0.251 e. The second-order valence-corrected chi connectivity index (χ2v) is 7.68. The summed E-state index contributed by atoms with van der Waals surface area (Å²) in [5.41, 5.74) is 1.52. The van der Waals surface area contributed by atoms with Crippen LogP contribution >= 0.6 is 11.6 Å². The predicted octanol–water partition coefficient (Wildman–Crippen LogP) is 4.44. The fourth-order valence-corrected chi connectivity index (χ4v) is 3.58. The number of benzene rings is 2. The van der Waals surface area contributed by atoms with E-state index in [0.717, 1.165) is 37.8 Å². The van der Waals surface area contributed by atoms with E-state index in [9.17, 15) is 9.59 Å². The Morgan fingerprint density at radius 3 is 2.83 bits per heavy atom. The molecule has 0 saturated carbocycles. The van der Waals surface area contributed by atoms with E-state index >= 15 is 0 Å². The summed E-state index contributed by atoms with van der Waals surface area (Å²) >= 11 is 5.99. The van der Waals surface area contributed by atoms with Gasteiger partial charge in [-0.15, -0.1) is 0 Å². The quantitative estimate of drug-likeness (QED) is 0.649. The maximum atomic E-state index is 12.4. The molecule has 154 valence electrons. The Morgan fingerprint density at radius 1 is 1.10 bits per heavy atom. The van der Waals surface area contributed by atoms with Gasteiger partial charge in [0.05, 0.1) is 0 Å². The number of nitrogens with zero attached hydrogens (tertiary/aromatic N) is 1. The van der Waals surface area contributed by atoms with Gasteiger partial charge in [0.15, 0.2) is 0 Å². The first-order valence-corrected chi connectivity index (χ1v) is 10.5. The maximum absolute atomic E-state index is 12.4. The van der Waals surface area contributed by atoms with Crippen molar-refractivity contribution >= 4 is 23.4 Å². The third-order valence-corrected chi connectivity index (χ3v) is 5.19. The van der Waals surface area contributed by atoms with Crippen LogP contribution in [0.2, 0.25) is 5.02 Å². The lowest BCUT2D eigenvalue weighted by Gasteiger charge is -2.20. The van der Waals surface area contributed by atoms with Gasteiger partial charge < -0.3 is 15.0 Å². The van der Waals surface area contributed by atoms with E-state index in [1.807, 2.05) is 35.2 Å². The van der Waals surface area contributed by atoms with E-state index in [-0.39, 0.29) is 11.8 Å². The molecule has 0 aliphatic carbocycles. The van der Waals surface area contributed by atoms with Crippen LogP contribution in [0.25, 0.3) is 0 Å². The summed E-state index contributed by atoms with van der Waals surface area (Å²) in [5, 5.41) is 3.60. The van der Waals surface area contributed by atoms with Gasteiger partial charge in [-0.2, -0.15) is 0 Å². The zero-order valence-electron chi connectivity index (χ0n) is 16.5. The molecule has 1 aliphatic rings. The van der Waals surface area contributed by atoms with Gasteiger partial charge in [0.2, 0.25) is 5.91 Å². The summed E-state index contributed by atoms with van der Waals surface area (Å²) in [6.07, 6.45) is 4.58. The predicted molar refractivity (Wildman–Crippen MR) is 114 cm³/mol. The summed E-state index contributed by atoms with van der Waals surface area (Å²) < 4.78 is 5.78. The van der Waals surface area contributed by atoms with Gasteiger partial charge in [-0.1, -0.05) is 36.2 Å². The Bertz CT molecular complexity index is 840. The van der Waals surface area contributed by atoms with Gasteiger partial charge in [-0.3, -0.25) is 9.59 Å². The summed E-state index contributed by atoms with van der Waals surface area (Å²) in [6, 6.07) is 14.6. The molecular formula is C23H27ClN2O3. The highest BCUT2D eigenvalue weighted by Gasteiger charge is 2.16. The topological polar surface area (TPSA) is 58.6 Å². The van der Waals surface area contributed by atoms with Crippen LogP contribution in [0.4, 0.5) is 0 Å². The largest absolute Gasteiger partial charge is 0.489 e. The number of amides is 2. The Labute approximate surface area is 177 Å². The summed E-state index contributed by atoms with van der Waals surface area (Å²) in [4.78, 5) is 26.3. The number of hydrogen-bond acceptors (Lipinski definition) is 3. The lowest BCUT2D eigenvalue weighted by atomic mass is 10.2. The molecule has 0 atom stereocenters. The van der Waals surface area contributed by atoms with Crippen molar-refractivity contribution in [3.63, 3.8) is 0 Å². The molecule has 1 aliphatic heterocycles. The van der Waals surface area contributed by atoms with Crippen molar-refractivity contribution in [1.29, 1.82) is 0 Å². The third kappa shape index (κ3) is 6.79. The molecule has 2 aromatic carbocycles. The Morgan fingerprint density at radius 2 is 1.97 bits per heavy atom. The van der Waals surface area contributed by atoms with Gasteiger partial charge in [0.1, 0.15) is 12.4 Å². The normalized spacial score (nSPS) is 14.4. The Balaban J connectivity index is 1.44. The van der Waals surface area contributed by atoms with Gasteiger partial charge >= 0.3 is 0 Å². The van der Waals surface area contributed by atoms with Gasteiger partial charge in [-0.05, 0) is 55.2 Å². The number of rotatable bonds is 8. The zero-order valence-corrected chi connectivity index (χ0v) is 17.3. The molecule has 0 radical (unpaired) electrons. The zero-order chi connectivity index (χ0) is 20.5. The van der Waals surface area contributed by atoms with Crippen molar-refractivity contribution in [2.45, 2.75) is 38.7 Å². The van der Waals surface area contributed by atoms with E-state index in [2.05, 4.69) is 5.32 Å². The highest BCUT2D eigenvalue weighted by atomic mass is 35.5. The molecule has 5 nitrogen and oxygen atoms in total. The first-order chi connectivity index (χ1) is 14.1. The molecular weight excluding hydrogens is 388 g/mol. The molecule has 0 aromatic heterocycles. The minimum atomic E-state index is -0.139. The van der Waals surface area contributed by atoms with Crippen LogP contribution < -0.4 is 10.1 Å². The van der Waals surface area contributed by atoms with E-state index in [4.69, 9.17) is 16.3 Å². The highest BCUT2D eigenvalue weighted by molar-refractivity contribution is 6.30. The maximum Gasteiger partial charge on any atom is 0.251 e. The molecule has 0 spiro atoms. The number of likely N-dealkylation sites (tertiary alicyclic amines) is 1. The van der Waals surface area contributed by atoms with Gasteiger partial charge in [-0.25, -0.2) is 0 Å². The number of nitrogens with one attached hydrogen (secondary N) is 1. The van der Waals surface area contributed by atoms with Crippen molar-refractivity contribution in [1.82, 2.24) is 10.2 Å². The van der Waals surface area contributed by atoms with Crippen molar-refractivity contribution < 1.29 is 14.3 Å². The first kappa shape index (κ1) is 21.2. The number of carbonyl (C=O) groups excluding carboxylic acids is 2. The van der Waals surface area contributed by atoms with E-state index < -0.39 is 0 Å². The monoisotopic (exact) mass is 414 g/mol. The third-order valence-electron chi connectivity index (χ3n) is 4.95. The van der Waals surface area contributed by atoms with E-state index in [1.165, 1.54) is 0 Å². The van der Waals surface area contributed by atoms with Gasteiger partial charge in [0, 0.05) is 36.6 Å². The lowest BCUT2D eigenvalue weighted by Crippen LogP contribution is -2.34. The number of carbonyl (C=O) groups is 2. The molecule has 0 unspecified atom stereocenters. The molecule has 2 amide bonds. The molecule has 29 heavy (non-hydrogen) atoms. The lowest BCUT2D eigenvalue weighted by molar-refractivity contribution is -0.130.